The zero-order valence-electron chi connectivity index (χ0n) is 10.4. The van der Waals surface area contributed by atoms with E-state index >= 15 is 0 Å². The smallest absolute Gasteiger partial charge is 0.196 e. The zero-order chi connectivity index (χ0) is 13.2. The van der Waals surface area contributed by atoms with Gasteiger partial charge in [-0.05, 0) is 19.1 Å². The number of pyridine rings is 1. The molecule has 0 amide bonds. The number of hydrogen-bond acceptors (Lipinski definition) is 4. The lowest BCUT2D eigenvalue weighted by molar-refractivity contribution is 0.103. The number of carbonyl (C=O) groups is 1. The van der Waals surface area contributed by atoms with Gasteiger partial charge in [-0.3, -0.25) is 9.78 Å². The standard InChI is InChI=1S/C15H11N3O/c1-10-6-13(12-4-2-3-5-14(12)18-10)15(19)11-7-16-9-17-8-11/h2-9H,1H3. The van der Waals surface area contributed by atoms with Crippen molar-refractivity contribution in [2.75, 3.05) is 0 Å². The van der Waals surface area contributed by atoms with Gasteiger partial charge in [0.2, 0.25) is 0 Å². The topological polar surface area (TPSA) is 55.7 Å². The number of fused-ring (bicyclic) bond motifs is 1. The average Bonchev–Trinajstić information content (AvgIpc) is 2.46. The Hall–Kier alpha value is -2.62. The van der Waals surface area contributed by atoms with Gasteiger partial charge in [0, 0.05) is 29.0 Å². The minimum atomic E-state index is -0.0812. The van der Waals surface area contributed by atoms with E-state index in [1.165, 1.54) is 18.7 Å². The van der Waals surface area contributed by atoms with Crippen LogP contribution in [0.15, 0.2) is 49.1 Å². The molecular weight excluding hydrogens is 238 g/mol. The molecule has 19 heavy (non-hydrogen) atoms. The van der Waals surface area contributed by atoms with Gasteiger partial charge >= 0.3 is 0 Å². The van der Waals surface area contributed by atoms with Gasteiger partial charge in [-0.2, -0.15) is 0 Å². The number of para-hydroxylation sites is 1. The summed E-state index contributed by atoms with van der Waals surface area (Å²) in [5.74, 6) is -0.0812. The Bertz CT molecular complexity index is 754. The Morgan fingerprint density at radius 1 is 1.11 bits per heavy atom. The van der Waals surface area contributed by atoms with Gasteiger partial charge in [-0.15, -0.1) is 0 Å². The number of nitrogens with zero attached hydrogens (tertiary/aromatic N) is 3. The predicted molar refractivity (Wildman–Crippen MR) is 71.9 cm³/mol. The fraction of sp³-hybridized carbons (Fsp3) is 0.0667. The molecule has 1 aromatic carbocycles. The molecule has 0 aliphatic heterocycles. The van der Waals surface area contributed by atoms with Crippen molar-refractivity contribution < 1.29 is 4.79 Å². The Labute approximate surface area is 110 Å². The molecule has 0 saturated heterocycles. The highest BCUT2D eigenvalue weighted by atomic mass is 16.1. The maximum absolute atomic E-state index is 12.5. The van der Waals surface area contributed by atoms with E-state index in [0.29, 0.717) is 11.1 Å². The predicted octanol–water partition coefficient (Wildman–Crippen LogP) is 2.56. The number of rotatable bonds is 2. The first-order valence-electron chi connectivity index (χ1n) is 5.92. The fourth-order valence-corrected chi connectivity index (χ4v) is 2.07. The zero-order valence-corrected chi connectivity index (χ0v) is 10.4. The molecule has 4 heteroatoms. The largest absolute Gasteiger partial charge is 0.288 e. The number of aryl methyl sites for hydroxylation is 1. The van der Waals surface area contributed by atoms with Crippen molar-refractivity contribution in [2.24, 2.45) is 0 Å². The van der Waals surface area contributed by atoms with E-state index in [1.807, 2.05) is 31.2 Å². The normalized spacial score (nSPS) is 10.6. The molecule has 0 bridgehead atoms. The molecule has 4 nitrogen and oxygen atoms in total. The van der Waals surface area contributed by atoms with Crippen LogP contribution in [0.25, 0.3) is 10.9 Å². The van der Waals surface area contributed by atoms with Gasteiger partial charge < -0.3 is 0 Å². The van der Waals surface area contributed by atoms with E-state index in [0.717, 1.165) is 16.6 Å². The molecule has 0 fully saturated rings. The summed E-state index contributed by atoms with van der Waals surface area (Å²) in [7, 11) is 0. The monoisotopic (exact) mass is 249 g/mol. The molecule has 0 aliphatic rings. The number of aromatic nitrogens is 3. The lowest BCUT2D eigenvalue weighted by atomic mass is 10.0. The van der Waals surface area contributed by atoms with E-state index in [-0.39, 0.29) is 5.78 Å². The molecule has 0 N–H and O–H groups in total. The second-order valence-electron chi connectivity index (χ2n) is 4.28. The molecule has 0 aliphatic carbocycles. The molecule has 0 saturated carbocycles. The average molecular weight is 249 g/mol. The molecule has 0 spiro atoms. The summed E-state index contributed by atoms with van der Waals surface area (Å²) < 4.78 is 0. The van der Waals surface area contributed by atoms with Crippen LogP contribution in [0.4, 0.5) is 0 Å². The lowest BCUT2D eigenvalue weighted by Crippen LogP contribution is -2.04. The first-order chi connectivity index (χ1) is 9.25. The quantitative estimate of drug-likeness (QED) is 0.655. The van der Waals surface area contributed by atoms with Crippen molar-refractivity contribution in [3.05, 3.63) is 65.9 Å². The van der Waals surface area contributed by atoms with E-state index in [4.69, 9.17) is 0 Å². The summed E-state index contributed by atoms with van der Waals surface area (Å²) in [5.41, 5.74) is 2.76. The van der Waals surface area contributed by atoms with Gasteiger partial charge in [0.15, 0.2) is 5.78 Å². The highest BCUT2D eigenvalue weighted by Gasteiger charge is 2.14. The molecular formula is C15H11N3O. The summed E-state index contributed by atoms with van der Waals surface area (Å²) in [6.07, 6.45) is 4.46. The van der Waals surface area contributed by atoms with E-state index in [2.05, 4.69) is 15.0 Å². The third kappa shape index (κ3) is 2.08. The number of benzene rings is 1. The van der Waals surface area contributed by atoms with Crippen molar-refractivity contribution >= 4 is 16.7 Å². The van der Waals surface area contributed by atoms with Crippen LogP contribution in [0, 0.1) is 6.92 Å². The van der Waals surface area contributed by atoms with Gasteiger partial charge in [0.05, 0.1) is 11.1 Å². The Morgan fingerprint density at radius 3 is 2.63 bits per heavy atom. The van der Waals surface area contributed by atoms with Crippen LogP contribution in [-0.4, -0.2) is 20.7 Å². The maximum atomic E-state index is 12.5. The SMILES string of the molecule is Cc1cc(C(=O)c2cncnc2)c2ccccc2n1. The van der Waals surface area contributed by atoms with Gasteiger partial charge in [-0.25, -0.2) is 9.97 Å². The van der Waals surface area contributed by atoms with Crippen LogP contribution in [0.1, 0.15) is 21.6 Å². The molecule has 92 valence electrons. The second kappa shape index (κ2) is 4.57. The third-order valence-electron chi connectivity index (χ3n) is 2.91. The Balaban J connectivity index is 2.23. The number of hydrogen-bond donors (Lipinski definition) is 0. The summed E-state index contributed by atoms with van der Waals surface area (Å²) in [5, 5.41) is 0.849. The van der Waals surface area contributed by atoms with Crippen molar-refractivity contribution in [1.82, 2.24) is 15.0 Å². The molecule has 2 heterocycles. The molecule has 0 radical (unpaired) electrons. The minimum Gasteiger partial charge on any atom is -0.288 e. The van der Waals surface area contributed by atoms with Crippen LogP contribution >= 0.6 is 0 Å². The number of ketones is 1. The Morgan fingerprint density at radius 2 is 1.84 bits per heavy atom. The number of carbonyl (C=O) groups excluding carboxylic acids is 1. The highest BCUT2D eigenvalue weighted by Crippen LogP contribution is 2.20. The van der Waals surface area contributed by atoms with Crippen LogP contribution in [0.5, 0.6) is 0 Å². The summed E-state index contributed by atoms with van der Waals surface area (Å²) in [6.45, 7) is 1.88. The second-order valence-corrected chi connectivity index (χ2v) is 4.28. The molecule has 3 rings (SSSR count). The van der Waals surface area contributed by atoms with Crippen molar-refractivity contribution in [2.45, 2.75) is 6.92 Å². The third-order valence-corrected chi connectivity index (χ3v) is 2.91. The van der Waals surface area contributed by atoms with Crippen molar-refractivity contribution in [3.8, 4) is 0 Å². The van der Waals surface area contributed by atoms with E-state index in [1.54, 1.807) is 6.07 Å². The molecule has 0 unspecified atom stereocenters. The van der Waals surface area contributed by atoms with Crippen LogP contribution < -0.4 is 0 Å². The van der Waals surface area contributed by atoms with Crippen molar-refractivity contribution in [3.63, 3.8) is 0 Å². The van der Waals surface area contributed by atoms with Gasteiger partial charge in [0.1, 0.15) is 6.33 Å². The fourth-order valence-electron chi connectivity index (χ4n) is 2.07. The van der Waals surface area contributed by atoms with E-state index < -0.39 is 0 Å². The molecule has 3 aromatic rings. The van der Waals surface area contributed by atoms with E-state index in [9.17, 15) is 4.79 Å². The summed E-state index contributed by atoms with van der Waals surface area (Å²) in [6, 6.07) is 9.42. The first-order valence-corrected chi connectivity index (χ1v) is 5.92. The summed E-state index contributed by atoms with van der Waals surface area (Å²) >= 11 is 0. The Kier molecular flexibility index (Phi) is 2.76. The maximum Gasteiger partial charge on any atom is 0.196 e. The van der Waals surface area contributed by atoms with Gasteiger partial charge in [0.25, 0.3) is 0 Å². The molecule has 2 aromatic heterocycles. The highest BCUT2D eigenvalue weighted by molar-refractivity contribution is 6.15. The van der Waals surface area contributed by atoms with Gasteiger partial charge in [-0.1, -0.05) is 18.2 Å². The minimum absolute atomic E-state index is 0.0812. The van der Waals surface area contributed by atoms with Crippen LogP contribution in [0.3, 0.4) is 0 Å². The lowest BCUT2D eigenvalue weighted by Gasteiger charge is -2.06. The first kappa shape index (κ1) is 11.5. The van der Waals surface area contributed by atoms with Crippen LogP contribution in [-0.2, 0) is 0 Å². The van der Waals surface area contributed by atoms with Crippen LogP contribution in [0.2, 0.25) is 0 Å². The summed E-state index contributed by atoms with van der Waals surface area (Å²) in [4.78, 5) is 24.7. The van der Waals surface area contributed by atoms with Crippen molar-refractivity contribution in [1.29, 1.82) is 0 Å². The molecule has 0 atom stereocenters.